The van der Waals surface area contributed by atoms with Crippen LogP contribution in [0.2, 0.25) is 0 Å². The molecule has 0 unspecified atom stereocenters. The minimum Gasteiger partial charge on any atom is -0.326 e. The number of hydrogen-bond donors (Lipinski definition) is 2. The van der Waals surface area contributed by atoms with Crippen LogP contribution in [0.5, 0.6) is 0 Å². The zero-order valence-electron chi connectivity index (χ0n) is 19.4. The predicted octanol–water partition coefficient (Wildman–Crippen LogP) is 6.56. The van der Waals surface area contributed by atoms with E-state index in [0.29, 0.717) is 16.5 Å². The lowest BCUT2D eigenvalue weighted by Gasteiger charge is -2.05. The summed E-state index contributed by atoms with van der Waals surface area (Å²) in [5, 5.41) is 8.81. The number of anilines is 2. The van der Waals surface area contributed by atoms with Crippen LogP contribution >= 0.6 is 22.7 Å². The van der Waals surface area contributed by atoms with Crippen LogP contribution in [-0.4, -0.2) is 21.8 Å². The molecule has 0 aliphatic heterocycles. The second-order valence-electron chi connectivity index (χ2n) is 8.17. The second-order valence-corrected chi connectivity index (χ2v) is 10.1. The summed E-state index contributed by atoms with van der Waals surface area (Å²) in [4.78, 5) is 33.7. The van der Waals surface area contributed by atoms with Crippen LogP contribution in [-0.2, 0) is 16.0 Å². The highest BCUT2D eigenvalue weighted by Gasteiger charge is 2.11. The first-order valence-electron chi connectivity index (χ1n) is 11.3. The van der Waals surface area contributed by atoms with E-state index in [0.717, 1.165) is 26.4 Å². The van der Waals surface area contributed by atoms with Gasteiger partial charge in [0.25, 0.3) is 0 Å². The molecule has 0 atom stereocenters. The number of carbonyl (C=O) groups is 2. The summed E-state index contributed by atoms with van der Waals surface area (Å²) in [5.74, 6) is -0.446. The molecule has 5 aromatic rings. The number of nitrogens with one attached hydrogen (secondary N) is 2. The standard InChI is InChI=1S/C28H22N4O2S2/c1-18-7-13-23-24(15-18)36-27(31-23)20-9-11-21(12-10-20)29-26(34)16-22-17-35-28(30-22)32-25(33)14-8-19-5-3-2-4-6-19/h2-15,17H,16H2,1H3,(H,29,34)(H,30,32,33)/b14-8+. The first-order chi connectivity index (χ1) is 17.5. The zero-order valence-corrected chi connectivity index (χ0v) is 21.0. The van der Waals surface area contributed by atoms with Crippen LogP contribution < -0.4 is 10.6 Å². The summed E-state index contributed by atoms with van der Waals surface area (Å²) in [5.41, 5.74) is 5.45. The number of fused-ring (bicyclic) bond motifs is 1. The van der Waals surface area contributed by atoms with E-state index in [1.54, 1.807) is 22.8 Å². The number of nitrogens with zero attached hydrogens (tertiary/aromatic N) is 2. The first kappa shape index (κ1) is 23.6. The predicted molar refractivity (Wildman–Crippen MR) is 148 cm³/mol. The van der Waals surface area contributed by atoms with Crippen LogP contribution in [0.3, 0.4) is 0 Å². The molecule has 6 nitrogen and oxygen atoms in total. The fourth-order valence-corrected chi connectivity index (χ4v) is 5.33. The molecule has 0 saturated carbocycles. The number of thiazole rings is 2. The molecule has 0 aliphatic carbocycles. The maximum absolute atomic E-state index is 12.5. The van der Waals surface area contributed by atoms with Crippen molar-refractivity contribution in [1.29, 1.82) is 0 Å². The van der Waals surface area contributed by atoms with Crippen molar-refractivity contribution < 1.29 is 9.59 Å². The van der Waals surface area contributed by atoms with Gasteiger partial charge in [0.05, 0.1) is 22.3 Å². The lowest BCUT2D eigenvalue weighted by atomic mass is 10.2. The van der Waals surface area contributed by atoms with Crippen LogP contribution in [0, 0.1) is 6.92 Å². The van der Waals surface area contributed by atoms with E-state index in [-0.39, 0.29) is 18.2 Å². The molecule has 178 valence electrons. The zero-order chi connectivity index (χ0) is 24.9. The minimum atomic E-state index is -0.271. The summed E-state index contributed by atoms with van der Waals surface area (Å²) >= 11 is 2.94. The van der Waals surface area contributed by atoms with Crippen LogP contribution in [0.15, 0.2) is 84.3 Å². The van der Waals surface area contributed by atoms with E-state index >= 15 is 0 Å². The Morgan fingerprint density at radius 3 is 2.56 bits per heavy atom. The highest BCUT2D eigenvalue weighted by molar-refractivity contribution is 7.21. The van der Waals surface area contributed by atoms with E-state index < -0.39 is 0 Å². The van der Waals surface area contributed by atoms with Crippen molar-refractivity contribution in [2.24, 2.45) is 0 Å². The van der Waals surface area contributed by atoms with Crippen molar-refractivity contribution in [1.82, 2.24) is 9.97 Å². The van der Waals surface area contributed by atoms with Crippen molar-refractivity contribution >= 4 is 61.6 Å². The Kier molecular flexibility index (Phi) is 6.97. The van der Waals surface area contributed by atoms with Crippen molar-refractivity contribution in [3.05, 3.63) is 101 Å². The lowest BCUT2D eigenvalue weighted by Crippen LogP contribution is -2.14. The Hall–Kier alpha value is -4.14. The number of aryl methyl sites for hydroxylation is 1. The van der Waals surface area contributed by atoms with E-state index in [1.165, 1.54) is 23.0 Å². The van der Waals surface area contributed by atoms with Gasteiger partial charge in [0, 0.05) is 22.7 Å². The maximum atomic E-state index is 12.5. The van der Waals surface area contributed by atoms with Gasteiger partial charge in [-0.15, -0.1) is 22.7 Å². The smallest absolute Gasteiger partial charge is 0.250 e. The maximum Gasteiger partial charge on any atom is 0.250 e. The van der Waals surface area contributed by atoms with Crippen molar-refractivity contribution in [3.63, 3.8) is 0 Å². The average Bonchev–Trinajstić information content (AvgIpc) is 3.50. The molecule has 0 bridgehead atoms. The Morgan fingerprint density at radius 1 is 0.944 bits per heavy atom. The molecule has 0 aliphatic rings. The molecule has 2 aromatic heterocycles. The number of aromatic nitrogens is 2. The summed E-state index contributed by atoms with van der Waals surface area (Å²) in [6.07, 6.45) is 3.31. The molecule has 0 spiro atoms. The van der Waals surface area contributed by atoms with Crippen LogP contribution in [0.4, 0.5) is 10.8 Å². The third-order valence-electron chi connectivity index (χ3n) is 5.31. The molecule has 36 heavy (non-hydrogen) atoms. The molecule has 3 aromatic carbocycles. The summed E-state index contributed by atoms with van der Waals surface area (Å²) in [6.45, 7) is 2.07. The molecule has 0 radical (unpaired) electrons. The van der Waals surface area contributed by atoms with E-state index in [1.807, 2.05) is 60.7 Å². The number of amides is 2. The number of hydrogen-bond acceptors (Lipinski definition) is 6. The Balaban J connectivity index is 1.15. The Morgan fingerprint density at radius 2 is 1.75 bits per heavy atom. The Bertz CT molecular complexity index is 1550. The molecular weight excluding hydrogens is 488 g/mol. The molecule has 8 heteroatoms. The largest absolute Gasteiger partial charge is 0.326 e. The average molecular weight is 511 g/mol. The second kappa shape index (κ2) is 10.6. The highest BCUT2D eigenvalue weighted by Crippen LogP contribution is 2.31. The molecule has 2 amide bonds. The van der Waals surface area contributed by atoms with Crippen molar-refractivity contribution in [2.75, 3.05) is 10.6 Å². The molecule has 0 saturated heterocycles. The van der Waals surface area contributed by atoms with Gasteiger partial charge in [0.1, 0.15) is 5.01 Å². The fourth-order valence-electron chi connectivity index (χ4n) is 3.55. The molecule has 2 N–H and O–H groups in total. The molecule has 0 fully saturated rings. The summed E-state index contributed by atoms with van der Waals surface area (Å²) in [7, 11) is 0. The van der Waals surface area contributed by atoms with Gasteiger partial charge in [-0.25, -0.2) is 9.97 Å². The Labute approximate surface area is 216 Å². The minimum absolute atomic E-state index is 0.116. The first-order valence-corrected chi connectivity index (χ1v) is 13.0. The quantitative estimate of drug-likeness (QED) is 0.243. The van der Waals surface area contributed by atoms with Gasteiger partial charge in [0.15, 0.2) is 5.13 Å². The van der Waals surface area contributed by atoms with Crippen LogP contribution in [0.25, 0.3) is 26.9 Å². The van der Waals surface area contributed by atoms with Gasteiger partial charge in [-0.1, -0.05) is 36.4 Å². The van der Waals surface area contributed by atoms with Gasteiger partial charge >= 0.3 is 0 Å². The summed E-state index contributed by atoms with van der Waals surface area (Å²) in [6, 6.07) is 23.5. The number of benzene rings is 3. The lowest BCUT2D eigenvalue weighted by molar-refractivity contribution is -0.115. The van der Waals surface area contributed by atoms with Gasteiger partial charge < -0.3 is 5.32 Å². The van der Waals surface area contributed by atoms with Gasteiger partial charge in [0.2, 0.25) is 11.8 Å². The molecule has 5 rings (SSSR count). The van der Waals surface area contributed by atoms with Gasteiger partial charge in [-0.3, -0.25) is 14.9 Å². The normalized spacial score (nSPS) is 11.1. The molecule has 2 heterocycles. The van der Waals surface area contributed by atoms with Gasteiger partial charge in [-0.2, -0.15) is 0 Å². The van der Waals surface area contributed by atoms with E-state index in [9.17, 15) is 9.59 Å². The SMILES string of the molecule is Cc1ccc2nc(-c3ccc(NC(=O)Cc4csc(NC(=O)/C=C/c5ccccc5)n4)cc3)sc2c1. The third-order valence-corrected chi connectivity index (χ3v) is 7.18. The van der Waals surface area contributed by atoms with Crippen LogP contribution in [0.1, 0.15) is 16.8 Å². The molecular formula is C28H22N4O2S2. The number of carbonyl (C=O) groups excluding carboxylic acids is 2. The highest BCUT2D eigenvalue weighted by atomic mass is 32.1. The summed E-state index contributed by atoms with van der Waals surface area (Å²) < 4.78 is 1.16. The van der Waals surface area contributed by atoms with Gasteiger partial charge in [-0.05, 0) is 60.5 Å². The van der Waals surface area contributed by atoms with E-state index in [2.05, 4.69) is 34.7 Å². The monoisotopic (exact) mass is 510 g/mol. The number of rotatable bonds is 7. The van der Waals surface area contributed by atoms with Crippen molar-refractivity contribution in [3.8, 4) is 10.6 Å². The van der Waals surface area contributed by atoms with Crippen molar-refractivity contribution in [2.45, 2.75) is 13.3 Å². The fraction of sp³-hybridized carbons (Fsp3) is 0.0714. The third kappa shape index (κ3) is 5.91. The topological polar surface area (TPSA) is 84.0 Å². The van der Waals surface area contributed by atoms with E-state index in [4.69, 9.17) is 4.98 Å².